The van der Waals surface area contributed by atoms with Crippen LogP contribution in [0.25, 0.3) is 6.08 Å². The quantitative estimate of drug-likeness (QED) is 0.415. The molecule has 0 aromatic heterocycles. The normalized spacial score (nSPS) is 15.4. The van der Waals surface area contributed by atoms with Crippen LogP contribution in [0.2, 0.25) is 5.02 Å². The molecule has 2 amide bonds. The molecule has 3 rings (SSSR count). The molecule has 30 heavy (non-hydrogen) atoms. The molecular weight excluding hydrogens is 422 g/mol. The van der Waals surface area contributed by atoms with Crippen LogP contribution in [0.1, 0.15) is 19.4 Å². The molecule has 8 heteroatoms. The zero-order valence-electron chi connectivity index (χ0n) is 16.9. The molecule has 0 unspecified atom stereocenters. The van der Waals surface area contributed by atoms with Crippen LogP contribution in [0.15, 0.2) is 48.0 Å². The second-order valence-corrected chi connectivity index (χ2v) is 7.36. The molecule has 0 saturated carbocycles. The lowest BCUT2D eigenvalue weighted by Crippen LogP contribution is -2.54. The molecule has 0 aliphatic carbocycles. The fraction of sp³-hybridized carbons (Fsp3) is 0.227. The zero-order valence-corrected chi connectivity index (χ0v) is 18.5. The Hall–Kier alpha value is -2.90. The van der Waals surface area contributed by atoms with Gasteiger partial charge in [0.05, 0.1) is 12.8 Å². The van der Waals surface area contributed by atoms with E-state index in [1.54, 1.807) is 31.4 Å². The summed E-state index contributed by atoms with van der Waals surface area (Å²) in [5, 5.41) is 3.04. The van der Waals surface area contributed by atoms with E-state index in [2.05, 4.69) is 24.1 Å². The van der Waals surface area contributed by atoms with Gasteiger partial charge in [0.2, 0.25) is 0 Å². The van der Waals surface area contributed by atoms with E-state index in [0.717, 1.165) is 18.8 Å². The van der Waals surface area contributed by atoms with E-state index in [0.29, 0.717) is 22.0 Å². The largest absolute Gasteiger partial charge is 0.496 e. The molecule has 1 fully saturated rings. The van der Waals surface area contributed by atoms with Crippen LogP contribution in [0.4, 0.5) is 11.4 Å². The van der Waals surface area contributed by atoms with E-state index in [9.17, 15) is 9.59 Å². The monoisotopic (exact) mass is 443 g/mol. The second kappa shape index (κ2) is 9.28. The molecule has 1 heterocycles. The Morgan fingerprint density at radius 3 is 2.53 bits per heavy atom. The summed E-state index contributed by atoms with van der Waals surface area (Å²) in [4.78, 5) is 29.1. The first kappa shape index (κ1) is 21.8. The number of nitrogens with one attached hydrogen (secondary N) is 1. The molecule has 0 radical (unpaired) electrons. The molecule has 0 atom stereocenters. The van der Waals surface area contributed by atoms with Gasteiger partial charge in [-0.05, 0) is 62.5 Å². The van der Waals surface area contributed by atoms with Crippen molar-refractivity contribution in [3.05, 3.63) is 58.6 Å². The molecule has 1 saturated heterocycles. The number of hydrogen-bond acceptors (Lipinski definition) is 5. The van der Waals surface area contributed by atoms with Gasteiger partial charge in [0.1, 0.15) is 11.3 Å². The van der Waals surface area contributed by atoms with Gasteiger partial charge in [-0.25, -0.2) is 0 Å². The Kier molecular flexibility index (Phi) is 6.74. The number of ether oxygens (including phenoxy) is 1. The third kappa shape index (κ3) is 4.32. The van der Waals surface area contributed by atoms with Gasteiger partial charge in [0, 0.05) is 35.4 Å². The van der Waals surface area contributed by atoms with E-state index in [-0.39, 0.29) is 10.7 Å². The summed E-state index contributed by atoms with van der Waals surface area (Å²) in [7, 11) is 1.56. The predicted molar refractivity (Wildman–Crippen MR) is 124 cm³/mol. The minimum absolute atomic E-state index is 0.00765. The van der Waals surface area contributed by atoms with Gasteiger partial charge in [-0.1, -0.05) is 17.7 Å². The number of thiocarbonyl (C=S) groups is 1. The Morgan fingerprint density at radius 2 is 1.90 bits per heavy atom. The van der Waals surface area contributed by atoms with E-state index >= 15 is 0 Å². The number of carbonyl (C=O) groups excluding carboxylic acids is 2. The van der Waals surface area contributed by atoms with Gasteiger partial charge in [-0.15, -0.1) is 0 Å². The zero-order chi connectivity index (χ0) is 21.8. The van der Waals surface area contributed by atoms with Crippen LogP contribution in [-0.2, 0) is 9.59 Å². The summed E-state index contributed by atoms with van der Waals surface area (Å²) < 4.78 is 5.51. The highest BCUT2D eigenvalue weighted by Gasteiger charge is 2.34. The Balaban J connectivity index is 2.02. The third-order valence-electron chi connectivity index (χ3n) is 4.81. The van der Waals surface area contributed by atoms with E-state index in [1.807, 2.05) is 18.2 Å². The van der Waals surface area contributed by atoms with Crippen LogP contribution in [0.5, 0.6) is 5.75 Å². The highest BCUT2D eigenvalue weighted by atomic mass is 35.5. The van der Waals surface area contributed by atoms with Crippen molar-refractivity contribution in [1.82, 2.24) is 5.32 Å². The SMILES string of the molecule is CCN(CC)c1ccc(C=C2C(=O)NC(=S)N(c3cccc(Cl)c3)C2=O)c(OC)c1. The van der Waals surface area contributed by atoms with E-state index < -0.39 is 11.8 Å². The van der Waals surface area contributed by atoms with E-state index in [4.69, 9.17) is 28.6 Å². The number of nitrogens with zero attached hydrogens (tertiary/aromatic N) is 2. The predicted octanol–water partition coefficient (Wildman–Crippen LogP) is 4.03. The molecule has 1 aliphatic heterocycles. The summed E-state index contributed by atoms with van der Waals surface area (Å²) in [6.45, 7) is 5.86. The maximum absolute atomic E-state index is 13.1. The summed E-state index contributed by atoms with van der Waals surface area (Å²) >= 11 is 11.3. The maximum Gasteiger partial charge on any atom is 0.270 e. The lowest BCUT2D eigenvalue weighted by atomic mass is 10.1. The van der Waals surface area contributed by atoms with Crippen molar-refractivity contribution in [3.63, 3.8) is 0 Å². The number of hydrogen-bond donors (Lipinski definition) is 1. The van der Waals surface area contributed by atoms with Crippen molar-refractivity contribution in [2.24, 2.45) is 0 Å². The average molecular weight is 444 g/mol. The molecule has 0 spiro atoms. The van der Waals surface area contributed by atoms with Crippen LogP contribution in [0.3, 0.4) is 0 Å². The molecule has 1 aliphatic rings. The number of benzene rings is 2. The van der Waals surface area contributed by atoms with Crippen molar-refractivity contribution < 1.29 is 14.3 Å². The molecule has 1 N–H and O–H groups in total. The summed E-state index contributed by atoms with van der Waals surface area (Å²) in [5.74, 6) is -0.519. The van der Waals surface area contributed by atoms with Crippen molar-refractivity contribution in [2.45, 2.75) is 13.8 Å². The van der Waals surface area contributed by atoms with Gasteiger partial charge in [0.25, 0.3) is 11.8 Å². The van der Waals surface area contributed by atoms with Gasteiger partial charge in [-0.2, -0.15) is 0 Å². The first-order valence-corrected chi connectivity index (χ1v) is 10.3. The number of amides is 2. The minimum atomic E-state index is -0.557. The molecule has 2 aromatic rings. The van der Waals surface area contributed by atoms with Crippen LogP contribution < -0.4 is 19.9 Å². The highest BCUT2D eigenvalue weighted by molar-refractivity contribution is 7.80. The number of rotatable bonds is 6. The standard InChI is InChI=1S/C22H22ClN3O3S/c1-4-25(5-2)16-10-9-14(19(13-16)29-3)11-18-20(27)24-22(30)26(21(18)28)17-8-6-7-15(23)12-17/h6-13H,4-5H2,1-3H3,(H,24,27,30). The fourth-order valence-electron chi connectivity index (χ4n) is 3.27. The lowest BCUT2D eigenvalue weighted by Gasteiger charge is -2.29. The number of halogens is 1. The number of methoxy groups -OCH3 is 1. The van der Waals surface area contributed by atoms with Gasteiger partial charge < -0.3 is 9.64 Å². The molecular formula is C22H22ClN3O3S. The average Bonchev–Trinajstić information content (AvgIpc) is 2.72. The van der Waals surface area contributed by atoms with Crippen LogP contribution in [0, 0.1) is 0 Å². The van der Waals surface area contributed by atoms with Gasteiger partial charge >= 0.3 is 0 Å². The topological polar surface area (TPSA) is 61.9 Å². The van der Waals surface area contributed by atoms with Gasteiger partial charge in [0.15, 0.2) is 5.11 Å². The highest BCUT2D eigenvalue weighted by Crippen LogP contribution is 2.29. The van der Waals surface area contributed by atoms with Crippen LogP contribution >= 0.6 is 23.8 Å². The third-order valence-corrected chi connectivity index (χ3v) is 5.33. The van der Waals surface area contributed by atoms with Crippen LogP contribution in [-0.4, -0.2) is 37.1 Å². The molecule has 6 nitrogen and oxygen atoms in total. The fourth-order valence-corrected chi connectivity index (χ4v) is 3.73. The maximum atomic E-state index is 13.1. The lowest BCUT2D eigenvalue weighted by molar-refractivity contribution is -0.122. The number of carbonyl (C=O) groups is 2. The van der Waals surface area contributed by atoms with E-state index in [1.165, 1.54) is 11.0 Å². The van der Waals surface area contributed by atoms with Crippen molar-refractivity contribution in [1.29, 1.82) is 0 Å². The molecule has 156 valence electrons. The first-order valence-electron chi connectivity index (χ1n) is 9.49. The summed E-state index contributed by atoms with van der Waals surface area (Å²) in [6.07, 6.45) is 1.52. The molecule has 2 aromatic carbocycles. The van der Waals surface area contributed by atoms with Crippen molar-refractivity contribution in [2.75, 3.05) is 30.0 Å². The van der Waals surface area contributed by atoms with Crippen molar-refractivity contribution in [3.8, 4) is 5.75 Å². The molecule has 0 bridgehead atoms. The minimum Gasteiger partial charge on any atom is -0.496 e. The smallest absolute Gasteiger partial charge is 0.270 e. The summed E-state index contributed by atoms with van der Waals surface area (Å²) in [6, 6.07) is 12.4. The second-order valence-electron chi connectivity index (χ2n) is 6.54. The Labute approximate surface area is 186 Å². The van der Waals surface area contributed by atoms with Gasteiger partial charge in [-0.3, -0.25) is 19.8 Å². The Bertz CT molecular complexity index is 1030. The van der Waals surface area contributed by atoms with Crippen molar-refractivity contribution >= 4 is 58.2 Å². The first-order chi connectivity index (χ1) is 14.4. The number of anilines is 2. The summed E-state index contributed by atoms with van der Waals surface area (Å²) in [5.41, 5.74) is 2.05. The Morgan fingerprint density at radius 1 is 1.17 bits per heavy atom.